The second-order valence-corrected chi connectivity index (χ2v) is 7.46. The van der Waals surface area contributed by atoms with Gasteiger partial charge in [0.1, 0.15) is 10.7 Å². The summed E-state index contributed by atoms with van der Waals surface area (Å²) in [6, 6.07) is 0. The number of H-pyrrole nitrogens is 1. The van der Waals surface area contributed by atoms with E-state index in [1.165, 1.54) is 9.47 Å². The summed E-state index contributed by atoms with van der Waals surface area (Å²) in [5.74, 6) is -0.301. The highest BCUT2D eigenvalue weighted by molar-refractivity contribution is 7.08. The van der Waals surface area contributed by atoms with Gasteiger partial charge in [0.05, 0.1) is 5.69 Å². The zero-order chi connectivity index (χ0) is 20.1. The second-order valence-electron chi connectivity index (χ2n) is 6.71. The van der Waals surface area contributed by atoms with Gasteiger partial charge in [-0.1, -0.05) is 38.6 Å². The highest BCUT2D eigenvalue weighted by atomic mass is 32.1. The topological polar surface area (TPSA) is 127 Å². The van der Waals surface area contributed by atoms with Crippen molar-refractivity contribution in [1.82, 2.24) is 19.1 Å². The number of aromatic nitrogens is 4. The number of aromatic amines is 1. The maximum absolute atomic E-state index is 13.2. The van der Waals surface area contributed by atoms with Crippen LogP contribution in [0.3, 0.4) is 0 Å². The molecule has 2 heterocycles. The second kappa shape index (κ2) is 8.94. The van der Waals surface area contributed by atoms with E-state index >= 15 is 0 Å². The number of nitrogens with zero attached hydrogens (tertiary/aromatic N) is 4. The third-order valence-corrected chi connectivity index (χ3v) is 4.85. The summed E-state index contributed by atoms with van der Waals surface area (Å²) in [4.78, 5) is 41.9. The van der Waals surface area contributed by atoms with Gasteiger partial charge in [-0.25, -0.2) is 4.79 Å². The summed E-state index contributed by atoms with van der Waals surface area (Å²) in [5.41, 5.74) is 5.52. The Labute approximate surface area is 161 Å². The number of nitrogen functional groups attached to an aromatic ring is 1. The first-order valence-electron chi connectivity index (χ1n) is 9.07. The quantitative estimate of drug-likeness (QED) is 0.701. The van der Waals surface area contributed by atoms with Crippen LogP contribution in [0.1, 0.15) is 55.9 Å². The minimum atomic E-state index is -0.672. The van der Waals surface area contributed by atoms with E-state index in [0.717, 1.165) is 24.4 Å². The molecule has 9 nitrogen and oxygen atoms in total. The Balaban J connectivity index is 2.62. The number of rotatable bonds is 8. The van der Waals surface area contributed by atoms with Gasteiger partial charge in [-0.2, -0.15) is 0 Å². The van der Waals surface area contributed by atoms with Crippen LogP contribution in [0, 0.1) is 5.92 Å². The first kappa shape index (κ1) is 20.8. The van der Waals surface area contributed by atoms with E-state index in [0.29, 0.717) is 23.5 Å². The number of carbonyl (C=O) groups is 1. The first-order chi connectivity index (χ1) is 12.8. The van der Waals surface area contributed by atoms with Gasteiger partial charge in [0.2, 0.25) is 0 Å². The van der Waals surface area contributed by atoms with Gasteiger partial charge in [0.15, 0.2) is 5.69 Å². The molecular formula is C17H26N6O3S. The summed E-state index contributed by atoms with van der Waals surface area (Å²) in [6.45, 7) is 8.39. The molecule has 10 heteroatoms. The average Bonchev–Trinajstić information content (AvgIpc) is 3.08. The molecule has 2 rings (SSSR count). The maximum atomic E-state index is 13.2. The number of anilines is 2. The number of unbranched alkanes of at least 4 members (excludes halogenated alkanes) is 1. The van der Waals surface area contributed by atoms with Crippen molar-refractivity contribution in [1.29, 1.82) is 0 Å². The van der Waals surface area contributed by atoms with Crippen LogP contribution in [0.15, 0.2) is 9.59 Å². The Bertz CT molecular complexity index is 914. The van der Waals surface area contributed by atoms with Crippen LogP contribution >= 0.6 is 11.5 Å². The number of hydrogen-bond acceptors (Lipinski definition) is 7. The Morgan fingerprint density at radius 1 is 1.33 bits per heavy atom. The summed E-state index contributed by atoms with van der Waals surface area (Å²) in [6.07, 6.45) is 2.14. The van der Waals surface area contributed by atoms with E-state index in [1.807, 2.05) is 27.7 Å². The monoisotopic (exact) mass is 394 g/mol. The number of carbonyl (C=O) groups excluding carboxylic acids is 1. The third-order valence-electron chi connectivity index (χ3n) is 4.10. The molecule has 0 atom stereocenters. The summed E-state index contributed by atoms with van der Waals surface area (Å²) >= 11 is 0.991. The van der Waals surface area contributed by atoms with Gasteiger partial charge in [-0.3, -0.25) is 24.0 Å². The van der Waals surface area contributed by atoms with Crippen molar-refractivity contribution in [3.63, 3.8) is 0 Å². The Kier molecular flexibility index (Phi) is 6.89. The van der Waals surface area contributed by atoms with Gasteiger partial charge in [-0.15, -0.1) is 5.10 Å². The molecular weight excluding hydrogens is 368 g/mol. The van der Waals surface area contributed by atoms with E-state index < -0.39 is 11.2 Å². The molecule has 0 aliphatic rings. The highest BCUT2D eigenvalue weighted by Gasteiger charge is 2.28. The number of nitrogens with one attached hydrogen (secondary N) is 1. The van der Waals surface area contributed by atoms with Crippen molar-refractivity contribution in [2.45, 2.75) is 53.5 Å². The van der Waals surface area contributed by atoms with Crippen LogP contribution in [0.5, 0.6) is 0 Å². The Morgan fingerprint density at radius 3 is 2.63 bits per heavy atom. The first-order valence-corrected chi connectivity index (χ1v) is 9.84. The third kappa shape index (κ3) is 4.44. The summed E-state index contributed by atoms with van der Waals surface area (Å²) in [7, 11) is 0. The number of nitrogens with two attached hydrogens (primary N) is 1. The van der Waals surface area contributed by atoms with Crippen molar-refractivity contribution in [2.75, 3.05) is 17.2 Å². The Hall–Kier alpha value is -2.49. The predicted octanol–water partition coefficient (Wildman–Crippen LogP) is 1.64. The van der Waals surface area contributed by atoms with E-state index in [4.69, 9.17) is 5.73 Å². The molecule has 3 N–H and O–H groups in total. The van der Waals surface area contributed by atoms with Gasteiger partial charge in [-0.05, 0) is 30.3 Å². The smallest absolute Gasteiger partial charge is 0.330 e. The lowest BCUT2D eigenvalue weighted by Gasteiger charge is -2.25. The lowest BCUT2D eigenvalue weighted by atomic mass is 10.1. The fourth-order valence-electron chi connectivity index (χ4n) is 2.74. The zero-order valence-electron chi connectivity index (χ0n) is 16.1. The summed E-state index contributed by atoms with van der Waals surface area (Å²) < 4.78 is 5.17. The van der Waals surface area contributed by atoms with Crippen LogP contribution in [0.25, 0.3) is 0 Å². The molecule has 0 aliphatic carbocycles. The molecule has 2 aromatic rings. The normalized spacial score (nSPS) is 11.1. The van der Waals surface area contributed by atoms with Crippen molar-refractivity contribution < 1.29 is 4.79 Å². The van der Waals surface area contributed by atoms with Crippen molar-refractivity contribution in [3.8, 4) is 0 Å². The average molecular weight is 395 g/mol. The lowest BCUT2D eigenvalue weighted by molar-refractivity contribution is 0.0986. The molecule has 0 spiro atoms. The van der Waals surface area contributed by atoms with Crippen LogP contribution in [-0.2, 0) is 13.0 Å². The molecule has 0 saturated carbocycles. The zero-order valence-corrected chi connectivity index (χ0v) is 16.9. The van der Waals surface area contributed by atoms with E-state index in [-0.39, 0.29) is 29.9 Å². The fraction of sp³-hybridized carbons (Fsp3) is 0.588. The van der Waals surface area contributed by atoms with Crippen LogP contribution in [0.4, 0.5) is 11.5 Å². The Morgan fingerprint density at radius 2 is 2.04 bits per heavy atom. The van der Waals surface area contributed by atoms with E-state index in [2.05, 4.69) is 14.6 Å². The van der Waals surface area contributed by atoms with Gasteiger partial charge in [0.25, 0.3) is 11.5 Å². The molecule has 2 aromatic heterocycles. The SMILES string of the molecule is CCCCn1c(N)c(N(CC(C)C)C(=O)c2snnc2CC)c(=O)[nH]c1=O. The molecule has 27 heavy (non-hydrogen) atoms. The van der Waals surface area contributed by atoms with Gasteiger partial charge in [0, 0.05) is 13.1 Å². The van der Waals surface area contributed by atoms with Crippen molar-refractivity contribution in [3.05, 3.63) is 31.4 Å². The van der Waals surface area contributed by atoms with Gasteiger partial charge >= 0.3 is 5.69 Å². The lowest BCUT2D eigenvalue weighted by Crippen LogP contribution is -2.42. The minimum Gasteiger partial charge on any atom is -0.383 e. The molecule has 0 aliphatic heterocycles. The van der Waals surface area contributed by atoms with E-state index in [9.17, 15) is 14.4 Å². The van der Waals surface area contributed by atoms with E-state index in [1.54, 1.807) is 0 Å². The molecule has 1 amide bonds. The molecule has 0 radical (unpaired) electrons. The largest absolute Gasteiger partial charge is 0.383 e. The van der Waals surface area contributed by atoms with Crippen molar-refractivity contribution in [2.24, 2.45) is 5.92 Å². The fourth-order valence-corrected chi connectivity index (χ4v) is 3.44. The number of amides is 1. The molecule has 0 fully saturated rings. The summed E-state index contributed by atoms with van der Waals surface area (Å²) in [5, 5.41) is 3.98. The molecule has 0 unspecified atom stereocenters. The highest BCUT2D eigenvalue weighted by Crippen LogP contribution is 2.23. The van der Waals surface area contributed by atoms with Crippen LogP contribution in [0.2, 0.25) is 0 Å². The standard InChI is InChI=1S/C17H26N6O3S/c1-5-7-8-22-14(18)12(15(24)19-17(22)26)23(9-10(3)4)16(25)13-11(6-2)20-21-27-13/h10H,5-9,18H2,1-4H3,(H,19,24,26). The van der Waals surface area contributed by atoms with Crippen LogP contribution in [-0.4, -0.2) is 31.6 Å². The van der Waals surface area contributed by atoms with Gasteiger partial charge < -0.3 is 5.73 Å². The maximum Gasteiger partial charge on any atom is 0.330 e. The van der Waals surface area contributed by atoms with Crippen molar-refractivity contribution >= 4 is 28.9 Å². The molecule has 0 aromatic carbocycles. The molecule has 148 valence electrons. The number of aryl methyl sites for hydroxylation is 1. The molecule has 0 saturated heterocycles. The molecule has 0 bridgehead atoms. The predicted molar refractivity (Wildman–Crippen MR) is 106 cm³/mol. The number of hydrogen-bond donors (Lipinski definition) is 2. The minimum absolute atomic E-state index is 0.000133. The van der Waals surface area contributed by atoms with Crippen LogP contribution < -0.4 is 21.9 Å².